The second-order valence-corrected chi connectivity index (χ2v) is 6.89. The lowest BCUT2D eigenvalue weighted by Crippen LogP contribution is -2.27. The van der Waals surface area contributed by atoms with Crippen molar-refractivity contribution < 1.29 is 13.2 Å². The van der Waals surface area contributed by atoms with Gasteiger partial charge in [0.2, 0.25) is 10.0 Å². The highest BCUT2D eigenvalue weighted by Crippen LogP contribution is 2.23. The molecule has 0 bridgehead atoms. The van der Waals surface area contributed by atoms with Gasteiger partial charge >= 0.3 is 0 Å². The van der Waals surface area contributed by atoms with Crippen LogP contribution in [0.1, 0.15) is 13.8 Å². The van der Waals surface area contributed by atoms with E-state index in [-0.39, 0.29) is 10.8 Å². The van der Waals surface area contributed by atoms with Crippen molar-refractivity contribution in [3.63, 3.8) is 0 Å². The van der Waals surface area contributed by atoms with Crippen molar-refractivity contribution in [1.82, 2.24) is 4.72 Å². The van der Waals surface area contributed by atoms with Crippen molar-refractivity contribution in [2.24, 2.45) is 5.92 Å². The van der Waals surface area contributed by atoms with E-state index in [9.17, 15) is 8.42 Å². The van der Waals surface area contributed by atoms with Gasteiger partial charge in [-0.15, -0.1) is 0 Å². The molecule has 5 heteroatoms. The van der Waals surface area contributed by atoms with Crippen LogP contribution in [-0.4, -0.2) is 22.1 Å². The molecule has 4 nitrogen and oxygen atoms in total. The summed E-state index contributed by atoms with van der Waals surface area (Å²) in [4.78, 5) is 0.288. The van der Waals surface area contributed by atoms with Crippen molar-refractivity contribution in [3.05, 3.63) is 36.4 Å². The molecule has 108 valence electrons. The third-order valence-electron chi connectivity index (χ3n) is 3.01. The number of ether oxygens (including phenoxy) is 1. The van der Waals surface area contributed by atoms with Gasteiger partial charge in [0.05, 0.1) is 12.0 Å². The summed E-state index contributed by atoms with van der Waals surface area (Å²) >= 11 is 0. The average Bonchev–Trinajstić information content (AvgIpc) is 2.44. The minimum atomic E-state index is -3.44. The number of sulfonamides is 1. The topological polar surface area (TPSA) is 55.4 Å². The molecule has 2 rings (SSSR count). The molecule has 20 heavy (non-hydrogen) atoms. The molecule has 0 aliphatic heterocycles. The molecule has 1 N–H and O–H groups in total. The van der Waals surface area contributed by atoms with Crippen LogP contribution in [0.4, 0.5) is 0 Å². The first-order valence-electron chi connectivity index (χ1n) is 6.50. The van der Waals surface area contributed by atoms with Gasteiger partial charge in [0.15, 0.2) is 0 Å². The summed E-state index contributed by atoms with van der Waals surface area (Å²) in [5.41, 5.74) is 0. The van der Waals surface area contributed by atoms with Crippen LogP contribution in [0.25, 0.3) is 10.8 Å². The fourth-order valence-corrected chi connectivity index (χ4v) is 3.10. The third kappa shape index (κ3) is 3.29. The van der Waals surface area contributed by atoms with E-state index in [0.29, 0.717) is 6.54 Å². The number of hydrogen-bond donors (Lipinski definition) is 1. The normalized spacial score (nSPS) is 12.0. The van der Waals surface area contributed by atoms with Crippen molar-refractivity contribution in [1.29, 1.82) is 0 Å². The van der Waals surface area contributed by atoms with Gasteiger partial charge in [-0.1, -0.05) is 26.0 Å². The highest BCUT2D eigenvalue weighted by molar-refractivity contribution is 7.89. The van der Waals surface area contributed by atoms with Crippen LogP contribution in [0, 0.1) is 5.92 Å². The molecule has 0 amide bonds. The summed E-state index contributed by atoms with van der Waals surface area (Å²) in [5.74, 6) is 1.03. The number of fused-ring (bicyclic) bond motifs is 1. The van der Waals surface area contributed by atoms with E-state index < -0.39 is 10.0 Å². The minimum Gasteiger partial charge on any atom is -0.497 e. The molecule has 0 saturated heterocycles. The van der Waals surface area contributed by atoms with Crippen molar-refractivity contribution in [2.75, 3.05) is 13.7 Å². The Kier molecular flexibility index (Phi) is 4.30. The van der Waals surface area contributed by atoms with E-state index in [1.807, 2.05) is 32.0 Å². The molecule has 2 aromatic rings. The van der Waals surface area contributed by atoms with E-state index in [1.54, 1.807) is 25.3 Å². The molecule has 0 aliphatic rings. The smallest absolute Gasteiger partial charge is 0.240 e. The van der Waals surface area contributed by atoms with Crippen LogP contribution in [0.3, 0.4) is 0 Å². The molecule has 0 unspecified atom stereocenters. The minimum absolute atomic E-state index is 0.273. The summed E-state index contributed by atoms with van der Waals surface area (Å²) < 4.78 is 32.1. The predicted octanol–water partition coefficient (Wildman–Crippen LogP) is 2.78. The Hall–Kier alpha value is -1.59. The largest absolute Gasteiger partial charge is 0.497 e. The maximum absolute atomic E-state index is 12.2. The Labute approximate surface area is 119 Å². The highest BCUT2D eigenvalue weighted by Gasteiger charge is 2.14. The molecule has 0 radical (unpaired) electrons. The lowest BCUT2D eigenvalue weighted by atomic mass is 10.1. The summed E-state index contributed by atoms with van der Waals surface area (Å²) in [6.07, 6.45) is 0. The van der Waals surface area contributed by atoms with E-state index in [2.05, 4.69) is 4.72 Å². The molecule has 0 atom stereocenters. The Bertz CT molecular complexity index is 708. The first-order valence-corrected chi connectivity index (χ1v) is 7.98. The van der Waals surface area contributed by atoms with E-state index in [0.717, 1.165) is 16.5 Å². The van der Waals surface area contributed by atoms with Crippen LogP contribution >= 0.6 is 0 Å². The molecule has 0 spiro atoms. The van der Waals surface area contributed by atoms with E-state index in [4.69, 9.17) is 4.74 Å². The third-order valence-corrected chi connectivity index (χ3v) is 4.43. The zero-order valence-corrected chi connectivity index (χ0v) is 12.7. The summed E-state index contributed by atoms with van der Waals surface area (Å²) in [6, 6.07) is 10.6. The zero-order valence-electron chi connectivity index (χ0n) is 11.9. The van der Waals surface area contributed by atoms with Gasteiger partial charge in [-0.3, -0.25) is 0 Å². The van der Waals surface area contributed by atoms with E-state index >= 15 is 0 Å². The molecule has 0 aliphatic carbocycles. The fourth-order valence-electron chi connectivity index (χ4n) is 1.86. The van der Waals surface area contributed by atoms with Gasteiger partial charge < -0.3 is 4.74 Å². The number of hydrogen-bond acceptors (Lipinski definition) is 3. The van der Waals surface area contributed by atoms with Gasteiger partial charge in [0.25, 0.3) is 0 Å². The van der Waals surface area contributed by atoms with Gasteiger partial charge in [-0.05, 0) is 41.0 Å². The molecule has 0 fully saturated rings. The molecule has 0 aromatic heterocycles. The van der Waals surface area contributed by atoms with Crippen molar-refractivity contribution >= 4 is 20.8 Å². The van der Waals surface area contributed by atoms with Crippen LogP contribution in [0.5, 0.6) is 5.75 Å². The highest BCUT2D eigenvalue weighted by atomic mass is 32.2. The Balaban J connectivity index is 2.36. The summed E-state index contributed by atoms with van der Waals surface area (Å²) in [5, 5.41) is 1.82. The molecular weight excluding hydrogens is 274 g/mol. The maximum atomic E-state index is 12.2. The second kappa shape index (κ2) is 5.81. The fraction of sp³-hybridized carbons (Fsp3) is 0.333. The van der Waals surface area contributed by atoms with Crippen LogP contribution in [0.15, 0.2) is 41.3 Å². The number of rotatable bonds is 5. The number of benzene rings is 2. The van der Waals surface area contributed by atoms with Gasteiger partial charge in [0, 0.05) is 6.54 Å². The number of nitrogens with one attached hydrogen (secondary N) is 1. The van der Waals surface area contributed by atoms with Crippen LogP contribution in [-0.2, 0) is 10.0 Å². The first kappa shape index (κ1) is 14.8. The lowest BCUT2D eigenvalue weighted by Gasteiger charge is -2.10. The predicted molar refractivity (Wildman–Crippen MR) is 80.5 cm³/mol. The first-order chi connectivity index (χ1) is 9.42. The summed E-state index contributed by atoms with van der Waals surface area (Å²) in [6.45, 7) is 4.37. The maximum Gasteiger partial charge on any atom is 0.240 e. The Morgan fingerprint density at radius 1 is 1.10 bits per heavy atom. The quantitative estimate of drug-likeness (QED) is 0.922. The Morgan fingerprint density at radius 2 is 1.75 bits per heavy atom. The molecule has 0 saturated carbocycles. The monoisotopic (exact) mass is 293 g/mol. The zero-order chi connectivity index (χ0) is 14.8. The van der Waals surface area contributed by atoms with E-state index in [1.165, 1.54) is 0 Å². The van der Waals surface area contributed by atoms with Gasteiger partial charge in [-0.25, -0.2) is 13.1 Å². The van der Waals surface area contributed by atoms with Gasteiger partial charge in [0.1, 0.15) is 5.75 Å². The number of methoxy groups -OCH3 is 1. The van der Waals surface area contributed by atoms with Crippen LogP contribution < -0.4 is 9.46 Å². The average molecular weight is 293 g/mol. The van der Waals surface area contributed by atoms with Crippen molar-refractivity contribution in [2.45, 2.75) is 18.7 Å². The second-order valence-electron chi connectivity index (χ2n) is 5.12. The van der Waals surface area contributed by atoms with Crippen molar-refractivity contribution in [3.8, 4) is 5.75 Å². The SMILES string of the molecule is COc1ccc2cc(S(=O)(=O)NCC(C)C)ccc2c1. The molecular formula is C15H19NO3S. The standard InChI is InChI=1S/C15H19NO3S/c1-11(2)10-16-20(17,18)15-7-5-12-8-14(19-3)6-4-13(12)9-15/h4-9,11,16H,10H2,1-3H3. The lowest BCUT2D eigenvalue weighted by molar-refractivity contribution is 0.415. The molecule has 2 aromatic carbocycles. The molecule has 0 heterocycles. The van der Waals surface area contributed by atoms with Gasteiger partial charge in [-0.2, -0.15) is 0 Å². The Morgan fingerprint density at radius 3 is 2.40 bits per heavy atom. The van der Waals surface area contributed by atoms with Crippen LogP contribution in [0.2, 0.25) is 0 Å². The summed E-state index contributed by atoms with van der Waals surface area (Å²) in [7, 11) is -1.84.